The van der Waals surface area contributed by atoms with Crippen molar-refractivity contribution < 1.29 is 12.8 Å². The first-order valence-electron chi connectivity index (χ1n) is 5.94. The standard InChI is InChI=1S/C12H15FN4O2S/c1-9-6-10(13)2-3-12(9)16-20(18,19)11-7-15-17(8-11)5-4-14/h2-3,6-8,16H,4-5,14H2,1H3. The second-order valence-electron chi connectivity index (χ2n) is 4.29. The van der Waals surface area contributed by atoms with Gasteiger partial charge in [-0.3, -0.25) is 9.40 Å². The lowest BCUT2D eigenvalue weighted by Gasteiger charge is -2.09. The summed E-state index contributed by atoms with van der Waals surface area (Å²) in [6.07, 6.45) is 2.64. The van der Waals surface area contributed by atoms with Gasteiger partial charge >= 0.3 is 0 Å². The Morgan fingerprint density at radius 2 is 2.20 bits per heavy atom. The van der Waals surface area contributed by atoms with E-state index in [1.807, 2.05) is 0 Å². The molecule has 3 N–H and O–H groups in total. The van der Waals surface area contributed by atoms with E-state index in [9.17, 15) is 12.8 Å². The predicted octanol–water partition coefficient (Wildman–Crippen LogP) is 1.09. The van der Waals surface area contributed by atoms with Crippen LogP contribution < -0.4 is 10.5 Å². The molecule has 6 nitrogen and oxygen atoms in total. The molecule has 2 aromatic rings. The summed E-state index contributed by atoms with van der Waals surface area (Å²) in [5.74, 6) is -0.416. The summed E-state index contributed by atoms with van der Waals surface area (Å²) in [6, 6.07) is 3.84. The maximum atomic E-state index is 13.0. The first-order valence-corrected chi connectivity index (χ1v) is 7.42. The van der Waals surface area contributed by atoms with Crippen LogP contribution in [-0.4, -0.2) is 24.7 Å². The molecule has 0 amide bonds. The number of benzene rings is 1. The minimum Gasteiger partial charge on any atom is -0.329 e. The second-order valence-corrected chi connectivity index (χ2v) is 5.97. The van der Waals surface area contributed by atoms with Crippen molar-refractivity contribution >= 4 is 15.7 Å². The molecule has 0 bridgehead atoms. The number of nitrogens with two attached hydrogens (primary N) is 1. The van der Waals surface area contributed by atoms with Gasteiger partial charge in [0.15, 0.2) is 0 Å². The molecule has 0 saturated carbocycles. The molecule has 0 saturated heterocycles. The maximum absolute atomic E-state index is 13.0. The zero-order valence-corrected chi connectivity index (χ0v) is 11.7. The molecule has 1 heterocycles. The van der Waals surface area contributed by atoms with Crippen LogP contribution in [0.25, 0.3) is 0 Å². The third kappa shape index (κ3) is 3.14. The van der Waals surface area contributed by atoms with Crippen LogP contribution in [0.15, 0.2) is 35.5 Å². The molecule has 0 unspecified atom stereocenters. The van der Waals surface area contributed by atoms with Gasteiger partial charge in [0.05, 0.1) is 18.4 Å². The number of rotatable bonds is 5. The summed E-state index contributed by atoms with van der Waals surface area (Å²) in [6.45, 7) is 2.43. The van der Waals surface area contributed by atoms with E-state index in [1.54, 1.807) is 6.92 Å². The Labute approximate surface area is 116 Å². The van der Waals surface area contributed by atoms with Crippen molar-refractivity contribution in [2.45, 2.75) is 18.4 Å². The summed E-state index contributed by atoms with van der Waals surface area (Å²) >= 11 is 0. The summed E-state index contributed by atoms with van der Waals surface area (Å²) in [7, 11) is -3.74. The van der Waals surface area contributed by atoms with E-state index in [0.717, 1.165) is 0 Å². The highest BCUT2D eigenvalue weighted by Gasteiger charge is 2.17. The molecular formula is C12H15FN4O2S. The molecule has 0 atom stereocenters. The van der Waals surface area contributed by atoms with Crippen LogP contribution in [0.5, 0.6) is 0 Å². The Hall–Kier alpha value is -1.93. The topological polar surface area (TPSA) is 90.0 Å². The van der Waals surface area contributed by atoms with Gasteiger partial charge in [0, 0.05) is 12.7 Å². The molecule has 0 radical (unpaired) electrons. The fraction of sp³-hybridized carbons (Fsp3) is 0.250. The number of anilines is 1. The van der Waals surface area contributed by atoms with E-state index in [4.69, 9.17) is 5.73 Å². The number of hydrogen-bond donors (Lipinski definition) is 2. The molecule has 0 aliphatic rings. The zero-order valence-electron chi connectivity index (χ0n) is 10.9. The Morgan fingerprint density at radius 3 is 2.85 bits per heavy atom. The highest BCUT2D eigenvalue weighted by atomic mass is 32.2. The van der Waals surface area contributed by atoms with Gasteiger partial charge in [-0.25, -0.2) is 12.8 Å². The average Bonchev–Trinajstić information content (AvgIpc) is 2.83. The van der Waals surface area contributed by atoms with Crippen LogP contribution in [0.1, 0.15) is 5.56 Å². The number of nitrogens with zero attached hydrogens (tertiary/aromatic N) is 2. The fourth-order valence-electron chi connectivity index (χ4n) is 1.68. The van der Waals surface area contributed by atoms with E-state index in [1.165, 1.54) is 35.3 Å². The smallest absolute Gasteiger partial charge is 0.265 e. The molecule has 0 aliphatic heterocycles. The lowest BCUT2D eigenvalue weighted by atomic mass is 10.2. The molecule has 1 aromatic carbocycles. The van der Waals surface area contributed by atoms with Crippen molar-refractivity contribution in [1.29, 1.82) is 0 Å². The van der Waals surface area contributed by atoms with Gasteiger partial charge in [-0.2, -0.15) is 5.10 Å². The van der Waals surface area contributed by atoms with Crippen LogP contribution in [0.3, 0.4) is 0 Å². The Balaban J connectivity index is 2.26. The normalized spacial score (nSPS) is 11.6. The number of nitrogens with one attached hydrogen (secondary N) is 1. The van der Waals surface area contributed by atoms with Gasteiger partial charge in [-0.1, -0.05) is 0 Å². The first-order chi connectivity index (χ1) is 9.42. The lowest BCUT2D eigenvalue weighted by Crippen LogP contribution is -2.14. The Morgan fingerprint density at radius 1 is 1.45 bits per heavy atom. The van der Waals surface area contributed by atoms with Crippen molar-refractivity contribution in [3.8, 4) is 0 Å². The van der Waals surface area contributed by atoms with Gasteiger partial charge in [-0.15, -0.1) is 0 Å². The minimum absolute atomic E-state index is 0.0367. The van der Waals surface area contributed by atoms with Crippen LogP contribution in [0, 0.1) is 12.7 Å². The minimum atomic E-state index is -3.74. The van der Waals surface area contributed by atoms with Crippen LogP contribution in [-0.2, 0) is 16.6 Å². The predicted molar refractivity (Wildman–Crippen MR) is 73.2 cm³/mol. The molecule has 0 fully saturated rings. The van der Waals surface area contributed by atoms with Gasteiger partial charge in [0.2, 0.25) is 0 Å². The van der Waals surface area contributed by atoms with Crippen molar-refractivity contribution in [2.75, 3.05) is 11.3 Å². The second kappa shape index (κ2) is 5.59. The first kappa shape index (κ1) is 14.5. The lowest BCUT2D eigenvalue weighted by molar-refractivity contribution is 0.599. The van der Waals surface area contributed by atoms with Crippen LogP contribution >= 0.6 is 0 Å². The number of sulfonamides is 1. The molecule has 0 aliphatic carbocycles. The third-order valence-corrected chi connectivity index (χ3v) is 4.03. The quantitative estimate of drug-likeness (QED) is 0.864. The summed E-state index contributed by atoms with van der Waals surface area (Å²) in [5, 5.41) is 3.91. The van der Waals surface area contributed by atoms with Crippen molar-refractivity contribution in [3.63, 3.8) is 0 Å². The number of hydrogen-bond acceptors (Lipinski definition) is 4. The molecule has 2 rings (SSSR count). The molecule has 108 valence electrons. The molecular weight excluding hydrogens is 283 g/mol. The van der Waals surface area contributed by atoms with Gasteiger partial charge in [-0.05, 0) is 30.7 Å². The van der Waals surface area contributed by atoms with E-state index in [-0.39, 0.29) is 4.90 Å². The summed E-state index contributed by atoms with van der Waals surface area (Å²) in [5.41, 5.74) is 6.21. The zero-order chi connectivity index (χ0) is 14.8. The highest BCUT2D eigenvalue weighted by molar-refractivity contribution is 7.92. The molecule has 0 spiro atoms. The van der Waals surface area contributed by atoms with Crippen molar-refractivity contribution in [1.82, 2.24) is 9.78 Å². The van der Waals surface area contributed by atoms with E-state index in [2.05, 4.69) is 9.82 Å². The monoisotopic (exact) mass is 298 g/mol. The number of halogens is 1. The van der Waals surface area contributed by atoms with E-state index in [0.29, 0.717) is 24.3 Å². The summed E-state index contributed by atoms with van der Waals surface area (Å²) < 4.78 is 41.2. The Kier molecular flexibility index (Phi) is 4.05. The highest BCUT2D eigenvalue weighted by Crippen LogP contribution is 2.20. The SMILES string of the molecule is Cc1cc(F)ccc1NS(=O)(=O)c1cnn(CCN)c1. The van der Waals surface area contributed by atoms with Gasteiger partial charge < -0.3 is 5.73 Å². The van der Waals surface area contributed by atoms with Crippen molar-refractivity contribution in [2.24, 2.45) is 5.73 Å². The molecule has 8 heteroatoms. The van der Waals surface area contributed by atoms with E-state index >= 15 is 0 Å². The fourth-order valence-corrected chi connectivity index (χ4v) is 2.77. The molecule has 1 aromatic heterocycles. The number of aryl methyl sites for hydroxylation is 1. The third-order valence-electron chi connectivity index (χ3n) is 2.71. The average molecular weight is 298 g/mol. The summed E-state index contributed by atoms with van der Waals surface area (Å²) in [4.78, 5) is 0.0367. The van der Waals surface area contributed by atoms with E-state index < -0.39 is 15.8 Å². The maximum Gasteiger partial charge on any atom is 0.265 e. The number of aromatic nitrogens is 2. The Bertz CT molecular complexity index is 712. The van der Waals surface area contributed by atoms with Gasteiger partial charge in [0.25, 0.3) is 10.0 Å². The van der Waals surface area contributed by atoms with Crippen LogP contribution in [0.2, 0.25) is 0 Å². The van der Waals surface area contributed by atoms with Crippen molar-refractivity contribution in [3.05, 3.63) is 42.0 Å². The molecule has 20 heavy (non-hydrogen) atoms. The van der Waals surface area contributed by atoms with Gasteiger partial charge in [0.1, 0.15) is 10.7 Å². The van der Waals surface area contributed by atoms with Crippen LogP contribution in [0.4, 0.5) is 10.1 Å². The largest absolute Gasteiger partial charge is 0.329 e.